The zero-order chi connectivity index (χ0) is 29.0. The Kier molecular flexibility index (Phi) is 7.37. The summed E-state index contributed by atoms with van der Waals surface area (Å²) >= 11 is 0. The monoisotopic (exact) mass is 555 g/mol. The number of benzene rings is 6. The smallest absolute Gasteiger partial charge is 0.135 e. The van der Waals surface area contributed by atoms with Crippen LogP contribution in [0.15, 0.2) is 143 Å². The third-order valence-corrected chi connectivity index (χ3v) is 8.24. The van der Waals surface area contributed by atoms with Crippen LogP contribution in [0.2, 0.25) is 0 Å². The minimum Gasteiger partial charge on any atom is -0.373 e. The zero-order valence-corrected chi connectivity index (χ0v) is 24.2. The van der Waals surface area contributed by atoms with Gasteiger partial charge in [0.25, 0.3) is 0 Å². The van der Waals surface area contributed by atoms with Gasteiger partial charge in [0.05, 0.1) is 6.54 Å². The van der Waals surface area contributed by atoms with Crippen LogP contribution in [0.5, 0.6) is 0 Å². The summed E-state index contributed by atoms with van der Waals surface area (Å²) in [5, 5.41) is 10.8. The predicted octanol–water partition coefficient (Wildman–Crippen LogP) is 7.51. The predicted molar refractivity (Wildman–Crippen MR) is 183 cm³/mol. The van der Waals surface area contributed by atoms with E-state index in [1.54, 1.807) is 0 Å². The van der Waals surface area contributed by atoms with Crippen molar-refractivity contribution in [3.63, 3.8) is 0 Å². The van der Waals surface area contributed by atoms with Gasteiger partial charge < -0.3 is 5.32 Å². The normalized spacial score (nSPS) is 15.0. The third-order valence-electron chi connectivity index (χ3n) is 8.24. The lowest BCUT2D eigenvalue weighted by molar-refractivity contribution is 0.903. The Balaban J connectivity index is 1.23. The average Bonchev–Trinajstić information content (AvgIpc) is 3.08. The Bertz CT molecular complexity index is 2120. The maximum absolute atomic E-state index is 5.19. The Morgan fingerprint density at radius 1 is 0.651 bits per heavy atom. The average molecular weight is 556 g/mol. The lowest BCUT2D eigenvalue weighted by atomic mass is 9.96. The van der Waals surface area contributed by atoms with E-state index in [0.717, 1.165) is 23.7 Å². The number of fused-ring (bicyclic) bond motifs is 3. The summed E-state index contributed by atoms with van der Waals surface area (Å²) in [6.45, 7) is 0.577. The molecule has 208 valence electrons. The molecule has 1 unspecified atom stereocenters. The molecule has 0 saturated carbocycles. The van der Waals surface area contributed by atoms with Gasteiger partial charge in [-0.05, 0) is 67.2 Å². The number of nitrogens with zero attached hydrogens (tertiary/aromatic N) is 2. The van der Waals surface area contributed by atoms with Crippen molar-refractivity contribution < 1.29 is 0 Å². The molecule has 1 atom stereocenters. The van der Waals surface area contributed by atoms with Gasteiger partial charge in [-0.1, -0.05) is 133 Å². The van der Waals surface area contributed by atoms with Gasteiger partial charge in [-0.15, -0.1) is 0 Å². The van der Waals surface area contributed by atoms with Crippen LogP contribution < -0.4 is 15.8 Å². The van der Waals surface area contributed by atoms with Crippen LogP contribution in [0, 0.1) is 5.92 Å². The maximum Gasteiger partial charge on any atom is 0.135 e. The quantitative estimate of drug-likeness (QED) is 0.174. The molecule has 0 radical (unpaired) electrons. The lowest BCUT2D eigenvalue weighted by Crippen LogP contribution is -2.31. The number of rotatable bonds is 5. The molecule has 0 spiro atoms. The fraction of sp³-hybridized carbons (Fsp3) is 0.100. The van der Waals surface area contributed by atoms with E-state index in [0.29, 0.717) is 6.54 Å². The van der Waals surface area contributed by atoms with Crippen molar-refractivity contribution in [1.29, 1.82) is 0 Å². The van der Waals surface area contributed by atoms with Gasteiger partial charge in [0.1, 0.15) is 11.7 Å². The highest BCUT2D eigenvalue weighted by molar-refractivity contribution is 6.08. The minimum absolute atomic E-state index is 0.0931. The molecule has 1 aliphatic carbocycles. The molecule has 3 nitrogen and oxygen atoms in total. The van der Waals surface area contributed by atoms with Crippen molar-refractivity contribution in [2.24, 2.45) is 15.9 Å². The second-order valence-corrected chi connectivity index (χ2v) is 11.0. The standard InChI is InChI=1S/C40H33N3/c1-41-39(33-20-16-32(17-21-33)37-22-18-30-9-3-6-12-35(30)25-37)43-40(38-23-19-31-10-4-7-13-36(31)26-38)42-27-28-14-15-29-8-2-5-11-34(29)24-28/h2-22,24-26,38H,23,27H2,1H3,(H,41,42,43). The molecule has 0 aliphatic heterocycles. The highest BCUT2D eigenvalue weighted by Gasteiger charge is 2.16. The van der Waals surface area contributed by atoms with Crippen LogP contribution in [-0.2, 0) is 6.54 Å². The fourth-order valence-corrected chi connectivity index (χ4v) is 5.88. The van der Waals surface area contributed by atoms with Crippen molar-refractivity contribution in [1.82, 2.24) is 5.32 Å². The van der Waals surface area contributed by atoms with Crippen LogP contribution in [0.4, 0.5) is 0 Å². The molecule has 0 bridgehead atoms. The van der Waals surface area contributed by atoms with Gasteiger partial charge in [-0.3, -0.25) is 4.99 Å². The number of aliphatic imine (C=N–C) groups is 2. The van der Waals surface area contributed by atoms with Crippen LogP contribution >= 0.6 is 0 Å². The second kappa shape index (κ2) is 11.9. The van der Waals surface area contributed by atoms with E-state index in [2.05, 4.69) is 151 Å². The molecule has 6 aromatic rings. The molecule has 6 aromatic carbocycles. The summed E-state index contributed by atoms with van der Waals surface area (Å²) in [5.41, 5.74) is 4.60. The SMILES string of the molecule is CN/C(=N\C(=N/Cc1ccc2ccccc2c1)C1C=c2ccccc2=CC1)c1ccc(-c2ccc3ccccc3c2)cc1. The highest BCUT2D eigenvalue weighted by Crippen LogP contribution is 2.25. The van der Waals surface area contributed by atoms with Gasteiger partial charge in [0.2, 0.25) is 0 Å². The molecule has 0 heterocycles. The molecule has 1 aliphatic rings. The Hall–Kier alpha value is -5.28. The zero-order valence-electron chi connectivity index (χ0n) is 24.2. The molecule has 0 amide bonds. The Labute approximate surface area is 252 Å². The molecule has 0 aromatic heterocycles. The molecule has 0 saturated heterocycles. The first-order chi connectivity index (χ1) is 21.2. The third kappa shape index (κ3) is 5.75. The molecule has 3 heteroatoms. The van der Waals surface area contributed by atoms with Gasteiger partial charge >= 0.3 is 0 Å². The van der Waals surface area contributed by atoms with Crippen LogP contribution in [0.25, 0.3) is 44.8 Å². The summed E-state index contributed by atoms with van der Waals surface area (Å²) < 4.78 is 0. The van der Waals surface area contributed by atoms with Crippen LogP contribution in [0.3, 0.4) is 0 Å². The van der Waals surface area contributed by atoms with Crippen molar-refractivity contribution in [2.45, 2.75) is 13.0 Å². The van der Waals surface area contributed by atoms with Gasteiger partial charge in [-0.2, -0.15) is 0 Å². The Morgan fingerprint density at radius 3 is 2.02 bits per heavy atom. The van der Waals surface area contributed by atoms with E-state index in [4.69, 9.17) is 9.98 Å². The first kappa shape index (κ1) is 26.6. The van der Waals surface area contributed by atoms with Crippen molar-refractivity contribution in [3.05, 3.63) is 155 Å². The molecular weight excluding hydrogens is 522 g/mol. The van der Waals surface area contributed by atoms with Gasteiger partial charge in [0.15, 0.2) is 0 Å². The number of amidine groups is 2. The summed E-state index contributed by atoms with van der Waals surface area (Å²) in [6.07, 6.45) is 5.49. The summed E-state index contributed by atoms with van der Waals surface area (Å²) in [5.74, 6) is 1.74. The molecule has 7 rings (SSSR count). The Morgan fingerprint density at radius 2 is 1.28 bits per heavy atom. The first-order valence-electron chi connectivity index (χ1n) is 14.9. The second-order valence-electron chi connectivity index (χ2n) is 11.0. The van der Waals surface area contributed by atoms with Crippen LogP contribution in [-0.4, -0.2) is 18.7 Å². The molecule has 0 fully saturated rings. The fourth-order valence-electron chi connectivity index (χ4n) is 5.88. The molecule has 1 N–H and O–H groups in total. The molecular formula is C40H33N3. The van der Waals surface area contributed by atoms with Crippen molar-refractivity contribution >= 4 is 45.4 Å². The van der Waals surface area contributed by atoms with Crippen molar-refractivity contribution in [2.75, 3.05) is 7.05 Å². The van der Waals surface area contributed by atoms with E-state index >= 15 is 0 Å². The lowest BCUT2D eigenvalue weighted by Gasteiger charge is -2.16. The van der Waals surface area contributed by atoms with Gasteiger partial charge in [-0.25, -0.2) is 4.99 Å². The van der Waals surface area contributed by atoms with E-state index < -0.39 is 0 Å². The maximum atomic E-state index is 5.19. The number of hydrogen-bond acceptors (Lipinski definition) is 1. The summed E-state index contributed by atoms with van der Waals surface area (Å²) in [4.78, 5) is 10.3. The van der Waals surface area contributed by atoms with Crippen molar-refractivity contribution in [3.8, 4) is 11.1 Å². The first-order valence-corrected chi connectivity index (χ1v) is 14.9. The molecule has 43 heavy (non-hydrogen) atoms. The van der Waals surface area contributed by atoms with E-state index in [-0.39, 0.29) is 5.92 Å². The van der Waals surface area contributed by atoms with E-state index in [9.17, 15) is 0 Å². The summed E-state index contributed by atoms with van der Waals surface area (Å²) in [7, 11) is 1.93. The number of nitrogens with one attached hydrogen (secondary N) is 1. The minimum atomic E-state index is 0.0931. The largest absolute Gasteiger partial charge is 0.373 e. The highest BCUT2D eigenvalue weighted by atomic mass is 15.0. The topological polar surface area (TPSA) is 36.8 Å². The van der Waals surface area contributed by atoms with E-state index in [1.165, 1.54) is 48.7 Å². The number of hydrogen-bond donors (Lipinski definition) is 1. The van der Waals surface area contributed by atoms with Gasteiger partial charge in [0, 0.05) is 18.5 Å². The summed E-state index contributed by atoms with van der Waals surface area (Å²) in [6, 6.07) is 47.3. The van der Waals surface area contributed by atoms with E-state index in [1.807, 2.05) is 7.05 Å². The van der Waals surface area contributed by atoms with Crippen LogP contribution in [0.1, 0.15) is 17.5 Å².